The number of aromatic nitrogens is 1. The fourth-order valence-electron chi connectivity index (χ4n) is 4.24. The van der Waals surface area contributed by atoms with Gasteiger partial charge in [0.05, 0.1) is 34.4 Å². The number of aryl methyl sites for hydroxylation is 2. The van der Waals surface area contributed by atoms with Crippen LogP contribution in [-0.2, 0) is 0 Å². The Morgan fingerprint density at radius 1 is 0.952 bits per heavy atom. The van der Waals surface area contributed by atoms with Crippen molar-refractivity contribution < 1.29 is 19.2 Å². The zero-order chi connectivity index (χ0) is 29.6. The summed E-state index contributed by atoms with van der Waals surface area (Å²) in [5.41, 5.74) is 9.03. The van der Waals surface area contributed by atoms with Crippen molar-refractivity contribution in [2.75, 3.05) is 12.5 Å². The lowest BCUT2D eigenvalue weighted by molar-refractivity contribution is -0.384. The van der Waals surface area contributed by atoms with Crippen LogP contribution in [0.3, 0.4) is 0 Å². The maximum Gasteiger partial charge on any atom is 0.343 e. The average Bonchev–Trinajstić information content (AvgIpc) is 3.41. The Morgan fingerprint density at radius 3 is 2.29 bits per heavy atom. The van der Waals surface area contributed by atoms with E-state index < -0.39 is 10.9 Å². The summed E-state index contributed by atoms with van der Waals surface area (Å²) in [6.45, 7) is 4.07. The predicted molar refractivity (Wildman–Crippen MR) is 165 cm³/mol. The molecule has 0 amide bonds. The molecule has 0 aliphatic heterocycles. The maximum absolute atomic E-state index is 12.4. The Morgan fingerprint density at radius 2 is 1.64 bits per heavy atom. The van der Waals surface area contributed by atoms with Crippen LogP contribution >= 0.6 is 11.3 Å². The van der Waals surface area contributed by atoms with E-state index in [-0.39, 0.29) is 5.69 Å². The van der Waals surface area contributed by atoms with E-state index >= 15 is 0 Å². The number of hydrazone groups is 1. The van der Waals surface area contributed by atoms with Gasteiger partial charge in [-0.25, -0.2) is 9.78 Å². The lowest BCUT2D eigenvalue weighted by atomic mass is 10.0. The second kappa shape index (κ2) is 12.4. The number of esters is 1. The van der Waals surface area contributed by atoms with Crippen LogP contribution in [0.2, 0.25) is 0 Å². The third kappa shape index (κ3) is 6.51. The average molecular weight is 579 g/mol. The van der Waals surface area contributed by atoms with Gasteiger partial charge in [0.2, 0.25) is 5.13 Å². The lowest BCUT2D eigenvalue weighted by Gasteiger charge is -2.07. The summed E-state index contributed by atoms with van der Waals surface area (Å²) < 4.78 is 10.6. The van der Waals surface area contributed by atoms with Gasteiger partial charge in [0.25, 0.3) is 5.69 Å². The summed E-state index contributed by atoms with van der Waals surface area (Å²) in [5, 5.41) is 16.1. The number of methoxy groups -OCH3 is 1. The molecular weight excluding hydrogens is 552 g/mol. The molecule has 0 atom stereocenters. The largest absolute Gasteiger partial charge is 0.497 e. The first kappa shape index (κ1) is 28.2. The molecule has 42 heavy (non-hydrogen) atoms. The van der Waals surface area contributed by atoms with Gasteiger partial charge in [0, 0.05) is 17.7 Å². The van der Waals surface area contributed by atoms with Crippen LogP contribution in [0.5, 0.6) is 11.5 Å². The molecule has 0 fully saturated rings. The minimum absolute atomic E-state index is 0.0285. The predicted octanol–water partition coefficient (Wildman–Crippen LogP) is 7.68. The van der Waals surface area contributed by atoms with Gasteiger partial charge in [-0.15, -0.1) is 0 Å². The molecule has 1 N–H and O–H groups in total. The molecule has 0 saturated carbocycles. The Hall–Kier alpha value is -5.35. The second-order valence-electron chi connectivity index (χ2n) is 9.38. The Labute approximate surface area is 246 Å². The number of hydrogen-bond donors (Lipinski definition) is 1. The van der Waals surface area contributed by atoms with Crippen LogP contribution in [0.4, 0.5) is 10.8 Å². The summed E-state index contributed by atoms with van der Waals surface area (Å²) in [4.78, 5) is 28.8. The zero-order valence-electron chi connectivity index (χ0n) is 23.0. The minimum atomic E-state index is -0.465. The van der Waals surface area contributed by atoms with Crippen molar-refractivity contribution in [1.82, 2.24) is 4.98 Å². The third-order valence-electron chi connectivity index (χ3n) is 6.39. The number of carbonyl (C=O) groups excluding carboxylic acids is 1. The van der Waals surface area contributed by atoms with Crippen molar-refractivity contribution in [3.8, 4) is 33.2 Å². The summed E-state index contributed by atoms with van der Waals surface area (Å²) in [5.74, 6) is 0.602. The third-order valence-corrected chi connectivity index (χ3v) is 7.40. The topological polar surface area (TPSA) is 116 Å². The van der Waals surface area contributed by atoms with Crippen molar-refractivity contribution >= 4 is 34.3 Å². The number of nitro benzene ring substituents is 1. The fourth-order valence-corrected chi connectivity index (χ4v) is 5.17. The molecule has 0 aliphatic carbocycles. The molecule has 5 rings (SSSR count). The normalized spacial score (nSPS) is 10.9. The van der Waals surface area contributed by atoms with Crippen LogP contribution in [0, 0.1) is 24.0 Å². The highest BCUT2D eigenvalue weighted by molar-refractivity contribution is 7.19. The van der Waals surface area contributed by atoms with Crippen molar-refractivity contribution in [1.29, 1.82) is 0 Å². The molecule has 4 aromatic carbocycles. The standard InChI is InChI=1S/C32H26N4O5S/c1-20-4-17-28(21(2)18-20)29-30(23-7-11-25(12-8-23)36(38)39)42-32(34-29)35-33-19-22-5-13-27(14-6-22)41-31(37)24-9-15-26(40-3)16-10-24/h4-19H,1-3H3,(H,34,35)/b33-19-. The van der Waals surface area contributed by atoms with Gasteiger partial charge in [-0.2, -0.15) is 5.10 Å². The van der Waals surface area contributed by atoms with Gasteiger partial charge < -0.3 is 9.47 Å². The molecule has 0 radical (unpaired) electrons. The zero-order valence-corrected chi connectivity index (χ0v) is 23.8. The molecule has 0 spiro atoms. The van der Waals surface area contributed by atoms with Crippen LogP contribution < -0.4 is 14.9 Å². The van der Waals surface area contributed by atoms with Gasteiger partial charge >= 0.3 is 5.97 Å². The van der Waals surface area contributed by atoms with Crippen molar-refractivity contribution in [2.45, 2.75) is 13.8 Å². The van der Waals surface area contributed by atoms with Gasteiger partial charge in [-0.1, -0.05) is 35.1 Å². The first-order valence-electron chi connectivity index (χ1n) is 12.9. The number of benzene rings is 4. The number of ether oxygens (including phenoxy) is 2. The quantitative estimate of drug-likeness (QED) is 0.0627. The van der Waals surface area contributed by atoms with E-state index in [1.54, 1.807) is 74.0 Å². The van der Waals surface area contributed by atoms with Crippen LogP contribution in [0.15, 0.2) is 96.1 Å². The van der Waals surface area contributed by atoms with E-state index in [0.717, 1.165) is 38.4 Å². The van der Waals surface area contributed by atoms with E-state index in [0.29, 0.717) is 22.2 Å². The smallest absolute Gasteiger partial charge is 0.343 e. The molecule has 0 bridgehead atoms. The SMILES string of the molecule is COc1ccc(C(=O)Oc2ccc(/C=N\Nc3nc(-c4ccc(C)cc4C)c(-c4ccc([N+](=O)[O-])cc4)s3)cc2)cc1. The number of carbonyl (C=O) groups is 1. The van der Waals surface area contributed by atoms with E-state index in [2.05, 4.69) is 16.6 Å². The van der Waals surface area contributed by atoms with E-state index in [4.69, 9.17) is 14.5 Å². The Bertz CT molecular complexity index is 1760. The second-order valence-corrected chi connectivity index (χ2v) is 10.4. The summed E-state index contributed by atoms with van der Waals surface area (Å²) in [6, 6.07) is 26.2. The van der Waals surface area contributed by atoms with Crippen LogP contribution in [0.25, 0.3) is 21.7 Å². The highest BCUT2D eigenvalue weighted by Crippen LogP contribution is 2.40. The van der Waals surface area contributed by atoms with Gasteiger partial charge in [0.15, 0.2) is 0 Å². The molecule has 0 aliphatic rings. The van der Waals surface area contributed by atoms with E-state index in [1.807, 2.05) is 26.0 Å². The number of nitro groups is 1. The highest BCUT2D eigenvalue weighted by atomic mass is 32.1. The number of nitrogens with zero attached hydrogens (tertiary/aromatic N) is 3. The molecule has 5 aromatic rings. The fraction of sp³-hybridized carbons (Fsp3) is 0.0938. The summed E-state index contributed by atoms with van der Waals surface area (Å²) in [7, 11) is 1.56. The van der Waals surface area contributed by atoms with Gasteiger partial charge in [-0.05, 0) is 91.2 Å². The Kier molecular flexibility index (Phi) is 8.35. The Balaban J connectivity index is 1.32. The van der Waals surface area contributed by atoms with E-state index in [1.165, 1.54) is 23.5 Å². The van der Waals surface area contributed by atoms with Gasteiger partial charge in [0.1, 0.15) is 11.5 Å². The molecule has 10 heteroatoms. The number of non-ortho nitro benzene ring substituents is 1. The molecule has 1 heterocycles. The molecule has 1 aromatic heterocycles. The number of nitrogens with one attached hydrogen (secondary N) is 1. The summed E-state index contributed by atoms with van der Waals surface area (Å²) >= 11 is 1.41. The van der Waals surface area contributed by atoms with Crippen molar-refractivity contribution in [3.63, 3.8) is 0 Å². The lowest BCUT2D eigenvalue weighted by Crippen LogP contribution is -2.08. The number of thiazole rings is 1. The first-order valence-corrected chi connectivity index (χ1v) is 13.7. The minimum Gasteiger partial charge on any atom is -0.497 e. The van der Waals surface area contributed by atoms with E-state index in [9.17, 15) is 14.9 Å². The monoisotopic (exact) mass is 578 g/mol. The molecule has 0 unspecified atom stereocenters. The first-order chi connectivity index (χ1) is 20.3. The highest BCUT2D eigenvalue weighted by Gasteiger charge is 2.18. The van der Waals surface area contributed by atoms with Crippen LogP contribution in [0.1, 0.15) is 27.0 Å². The molecular formula is C32H26N4O5S. The number of anilines is 1. The molecule has 210 valence electrons. The van der Waals surface area contributed by atoms with Gasteiger partial charge in [-0.3, -0.25) is 15.5 Å². The molecule has 0 saturated heterocycles. The molecule has 9 nitrogen and oxygen atoms in total. The van der Waals surface area contributed by atoms with Crippen molar-refractivity contribution in [3.05, 3.63) is 123 Å². The maximum atomic E-state index is 12.4. The summed E-state index contributed by atoms with van der Waals surface area (Å²) in [6.07, 6.45) is 1.64. The number of hydrogen-bond acceptors (Lipinski definition) is 9. The van der Waals surface area contributed by atoms with Crippen LogP contribution in [-0.4, -0.2) is 29.2 Å². The number of rotatable bonds is 9. The van der Waals surface area contributed by atoms with Crippen molar-refractivity contribution in [2.24, 2.45) is 5.10 Å².